The van der Waals surface area contributed by atoms with Gasteiger partial charge in [0.15, 0.2) is 5.96 Å². The molecule has 2 N–H and O–H groups in total. The van der Waals surface area contributed by atoms with Crippen molar-refractivity contribution in [3.63, 3.8) is 0 Å². The number of halogens is 2. The SMILES string of the molecule is CN=C(NCCCN(C)C)NCc1cc(Cl)c(Cl)n1C. The molecule has 0 bridgehead atoms. The van der Waals surface area contributed by atoms with Crippen LogP contribution in [0.4, 0.5) is 0 Å². The molecule has 0 amide bonds. The first-order valence-electron chi connectivity index (χ1n) is 6.54. The van der Waals surface area contributed by atoms with Gasteiger partial charge in [-0.05, 0) is 33.1 Å². The lowest BCUT2D eigenvalue weighted by Crippen LogP contribution is -2.38. The van der Waals surface area contributed by atoms with E-state index in [4.69, 9.17) is 23.2 Å². The van der Waals surface area contributed by atoms with Crippen LogP contribution in [0.5, 0.6) is 0 Å². The average molecular weight is 320 g/mol. The largest absolute Gasteiger partial charge is 0.356 e. The van der Waals surface area contributed by atoms with Crippen LogP contribution in [0.1, 0.15) is 12.1 Å². The van der Waals surface area contributed by atoms with Crippen LogP contribution in [0.25, 0.3) is 0 Å². The molecule has 1 aromatic rings. The summed E-state index contributed by atoms with van der Waals surface area (Å²) in [6.07, 6.45) is 1.06. The molecule has 0 aliphatic carbocycles. The molecule has 0 atom stereocenters. The molecular formula is C13H23Cl2N5. The number of guanidine groups is 1. The van der Waals surface area contributed by atoms with Crippen molar-refractivity contribution in [3.05, 3.63) is 21.9 Å². The van der Waals surface area contributed by atoms with Gasteiger partial charge in [0.2, 0.25) is 0 Å². The predicted octanol–water partition coefficient (Wildman–Crippen LogP) is 1.95. The van der Waals surface area contributed by atoms with Crippen molar-refractivity contribution in [2.45, 2.75) is 13.0 Å². The van der Waals surface area contributed by atoms with Crippen LogP contribution in [0.15, 0.2) is 11.1 Å². The number of aliphatic imine (C=N–C) groups is 1. The lowest BCUT2D eigenvalue weighted by atomic mass is 10.4. The van der Waals surface area contributed by atoms with Crippen molar-refractivity contribution in [3.8, 4) is 0 Å². The van der Waals surface area contributed by atoms with E-state index in [9.17, 15) is 0 Å². The Labute approximate surface area is 130 Å². The second kappa shape index (κ2) is 8.39. The van der Waals surface area contributed by atoms with Crippen molar-refractivity contribution in [2.75, 3.05) is 34.2 Å². The first-order chi connectivity index (χ1) is 9.45. The summed E-state index contributed by atoms with van der Waals surface area (Å²) in [6.45, 7) is 2.55. The zero-order valence-corrected chi connectivity index (χ0v) is 14.0. The molecule has 0 aromatic carbocycles. The molecule has 114 valence electrons. The normalized spacial score (nSPS) is 12.1. The first kappa shape index (κ1) is 17.1. The third-order valence-electron chi connectivity index (χ3n) is 2.95. The van der Waals surface area contributed by atoms with E-state index < -0.39 is 0 Å². The van der Waals surface area contributed by atoms with Gasteiger partial charge >= 0.3 is 0 Å². The fraction of sp³-hybridized carbons (Fsp3) is 0.615. The number of nitrogens with one attached hydrogen (secondary N) is 2. The zero-order chi connectivity index (χ0) is 15.1. The van der Waals surface area contributed by atoms with Crippen molar-refractivity contribution >= 4 is 29.2 Å². The van der Waals surface area contributed by atoms with E-state index in [0.717, 1.165) is 31.2 Å². The molecule has 0 radical (unpaired) electrons. The van der Waals surface area contributed by atoms with Crippen LogP contribution in [0.2, 0.25) is 10.2 Å². The molecule has 0 saturated heterocycles. The van der Waals surface area contributed by atoms with Gasteiger partial charge in [0.05, 0.1) is 11.6 Å². The molecule has 0 unspecified atom stereocenters. The third kappa shape index (κ3) is 5.23. The molecule has 1 aromatic heterocycles. The van der Waals surface area contributed by atoms with E-state index in [0.29, 0.717) is 16.7 Å². The lowest BCUT2D eigenvalue weighted by Gasteiger charge is -2.14. The molecule has 7 heteroatoms. The van der Waals surface area contributed by atoms with E-state index in [2.05, 4.69) is 34.6 Å². The summed E-state index contributed by atoms with van der Waals surface area (Å²) in [5.41, 5.74) is 1.01. The Hall–Kier alpha value is -0.910. The number of rotatable bonds is 6. The highest BCUT2D eigenvalue weighted by Gasteiger charge is 2.09. The van der Waals surface area contributed by atoms with Crippen LogP contribution in [0.3, 0.4) is 0 Å². The summed E-state index contributed by atoms with van der Waals surface area (Å²) >= 11 is 12.0. The van der Waals surface area contributed by atoms with Gasteiger partial charge in [-0.1, -0.05) is 23.2 Å². The van der Waals surface area contributed by atoms with Gasteiger partial charge in [-0.2, -0.15) is 0 Å². The molecule has 5 nitrogen and oxygen atoms in total. The second-order valence-corrected chi connectivity index (χ2v) is 5.61. The summed E-state index contributed by atoms with van der Waals surface area (Å²) < 4.78 is 1.86. The van der Waals surface area contributed by atoms with E-state index in [1.165, 1.54) is 0 Å². The minimum atomic E-state index is 0.553. The standard InChI is InChI=1S/C13H23Cl2N5/c1-16-13(17-6-5-7-19(2)3)18-9-10-8-11(14)12(15)20(10)4/h8H,5-7,9H2,1-4H3,(H2,16,17,18). The maximum absolute atomic E-state index is 6.03. The highest BCUT2D eigenvalue weighted by molar-refractivity contribution is 6.41. The van der Waals surface area contributed by atoms with Crippen LogP contribution in [-0.4, -0.2) is 49.7 Å². The highest BCUT2D eigenvalue weighted by atomic mass is 35.5. The molecule has 1 heterocycles. The summed E-state index contributed by atoms with van der Waals surface area (Å²) in [4.78, 5) is 6.34. The number of hydrogen-bond acceptors (Lipinski definition) is 2. The van der Waals surface area contributed by atoms with Gasteiger partial charge in [0.25, 0.3) is 0 Å². The predicted molar refractivity (Wildman–Crippen MR) is 86.8 cm³/mol. The fourth-order valence-electron chi connectivity index (χ4n) is 1.76. The number of nitrogens with zero attached hydrogens (tertiary/aromatic N) is 3. The van der Waals surface area contributed by atoms with Gasteiger partial charge in [-0.15, -0.1) is 0 Å². The maximum atomic E-state index is 6.03. The molecule has 0 aliphatic heterocycles. The summed E-state index contributed by atoms with van der Waals surface area (Å²) in [6, 6.07) is 1.86. The maximum Gasteiger partial charge on any atom is 0.191 e. The third-order valence-corrected chi connectivity index (χ3v) is 3.79. The number of aromatic nitrogens is 1. The van der Waals surface area contributed by atoms with Gasteiger partial charge < -0.3 is 20.1 Å². The molecule has 0 saturated carbocycles. The Morgan fingerprint density at radius 2 is 2.05 bits per heavy atom. The zero-order valence-electron chi connectivity index (χ0n) is 12.5. The van der Waals surface area contributed by atoms with Gasteiger partial charge in [0, 0.05) is 26.3 Å². The Kier molecular flexibility index (Phi) is 7.19. The van der Waals surface area contributed by atoms with Gasteiger partial charge in [-0.3, -0.25) is 4.99 Å². The minimum absolute atomic E-state index is 0.553. The van der Waals surface area contributed by atoms with Crippen LogP contribution in [0, 0.1) is 0 Å². The molecule has 0 fully saturated rings. The van der Waals surface area contributed by atoms with Crippen LogP contribution >= 0.6 is 23.2 Å². The van der Waals surface area contributed by atoms with Crippen molar-refractivity contribution in [2.24, 2.45) is 12.0 Å². The summed E-state index contributed by atoms with van der Waals surface area (Å²) in [5.74, 6) is 0.775. The highest BCUT2D eigenvalue weighted by Crippen LogP contribution is 2.24. The van der Waals surface area contributed by atoms with Crippen molar-refractivity contribution in [1.29, 1.82) is 0 Å². The Bertz CT molecular complexity index is 454. The van der Waals surface area contributed by atoms with E-state index in [-0.39, 0.29) is 0 Å². The van der Waals surface area contributed by atoms with E-state index in [1.807, 2.05) is 17.7 Å². The Morgan fingerprint density at radius 3 is 2.55 bits per heavy atom. The monoisotopic (exact) mass is 319 g/mol. The quantitative estimate of drug-likeness (QED) is 0.478. The molecule has 20 heavy (non-hydrogen) atoms. The Balaban J connectivity index is 2.40. The van der Waals surface area contributed by atoms with Crippen molar-refractivity contribution in [1.82, 2.24) is 20.1 Å². The fourth-order valence-corrected chi connectivity index (χ4v) is 2.17. The summed E-state index contributed by atoms with van der Waals surface area (Å²) in [7, 11) is 7.77. The Morgan fingerprint density at radius 1 is 1.35 bits per heavy atom. The van der Waals surface area contributed by atoms with E-state index >= 15 is 0 Å². The molecule has 0 aliphatic rings. The average Bonchev–Trinajstić information content (AvgIpc) is 2.65. The van der Waals surface area contributed by atoms with Crippen molar-refractivity contribution < 1.29 is 0 Å². The van der Waals surface area contributed by atoms with Crippen LogP contribution in [-0.2, 0) is 13.6 Å². The summed E-state index contributed by atoms with van der Waals surface area (Å²) in [5, 5.41) is 7.64. The van der Waals surface area contributed by atoms with Gasteiger partial charge in [-0.25, -0.2) is 0 Å². The molecule has 1 rings (SSSR count). The van der Waals surface area contributed by atoms with E-state index in [1.54, 1.807) is 7.05 Å². The second-order valence-electron chi connectivity index (χ2n) is 4.84. The molecule has 0 spiro atoms. The molecular weight excluding hydrogens is 297 g/mol. The smallest absolute Gasteiger partial charge is 0.191 e. The van der Waals surface area contributed by atoms with Crippen LogP contribution < -0.4 is 10.6 Å². The minimum Gasteiger partial charge on any atom is -0.356 e. The topological polar surface area (TPSA) is 44.6 Å². The lowest BCUT2D eigenvalue weighted by molar-refractivity contribution is 0.399. The first-order valence-corrected chi connectivity index (χ1v) is 7.30. The van der Waals surface area contributed by atoms with Gasteiger partial charge in [0.1, 0.15) is 5.15 Å². The number of hydrogen-bond donors (Lipinski definition) is 2.